The van der Waals surface area contributed by atoms with Gasteiger partial charge >= 0.3 is 0 Å². The molecule has 2 unspecified atom stereocenters. The minimum atomic E-state index is 0.366. The molecule has 0 aromatic carbocycles. The Morgan fingerprint density at radius 2 is 2.00 bits per heavy atom. The highest BCUT2D eigenvalue weighted by Gasteiger charge is 2.14. The SMILES string of the molecule is CC1CCCC(NO)CC1. The van der Waals surface area contributed by atoms with E-state index < -0.39 is 0 Å². The molecular weight excluding hydrogens is 126 g/mol. The zero-order valence-corrected chi connectivity index (χ0v) is 6.64. The van der Waals surface area contributed by atoms with E-state index in [1.807, 2.05) is 0 Å². The normalized spacial score (nSPS) is 35.4. The average Bonchev–Trinajstić information content (AvgIpc) is 2.14. The molecule has 0 aliphatic heterocycles. The smallest absolute Gasteiger partial charge is 0.0319 e. The molecule has 2 heteroatoms. The van der Waals surface area contributed by atoms with Crippen molar-refractivity contribution in [1.29, 1.82) is 0 Å². The molecule has 2 atom stereocenters. The highest BCUT2D eigenvalue weighted by atomic mass is 16.5. The van der Waals surface area contributed by atoms with Crippen LogP contribution in [0.5, 0.6) is 0 Å². The van der Waals surface area contributed by atoms with Crippen LogP contribution in [0.25, 0.3) is 0 Å². The Hall–Kier alpha value is -0.0800. The lowest BCUT2D eigenvalue weighted by molar-refractivity contribution is 0.118. The van der Waals surface area contributed by atoms with Crippen LogP contribution in [-0.2, 0) is 0 Å². The molecule has 0 radical (unpaired) electrons. The lowest BCUT2D eigenvalue weighted by Crippen LogP contribution is -2.24. The van der Waals surface area contributed by atoms with Gasteiger partial charge in [0, 0.05) is 6.04 Å². The maximum absolute atomic E-state index is 8.65. The molecule has 1 saturated carbocycles. The first kappa shape index (κ1) is 8.02. The molecule has 0 aromatic rings. The van der Waals surface area contributed by atoms with Gasteiger partial charge in [0.05, 0.1) is 0 Å². The Bertz CT molecular complexity index is 95.3. The Morgan fingerprint density at radius 3 is 2.70 bits per heavy atom. The van der Waals surface area contributed by atoms with Gasteiger partial charge in [-0.05, 0) is 25.2 Å². The summed E-state index contributed by atoms with van der Waals surface area (Å²) in [5, 5.41) is 8.65. The molecule has 0 amide bonds. The van der Waals surface area contributed by atoms with E-state index in [4.69, 9.17) is 5.21 Å². The monoisotopic (exact) mass is 143 g/mol. The van der Waals surface area contributed by atoms with Gasteiger partial charge in [-0.15, -0.1) is 0 Å². The van der Waals surface area contributed by atoms with Gasteiger partial charge in [0.2, 0.25) is 0 Å². The number of hydroxylamine groups is 1. The van der Waals surface area contributed by atoms with Crippen LogP contribution in [0, 0.1) is 5.92 Å². The second-order valence-electron chi connectivity index (χ2n) is 3.44. The molecule has 1 rings (SSSR count). The first-order chi connectivity index (χ1) is 4.83. The quantitative estimate of drug-likeness (QED) is 0.434. The Labute approximate surface area is 62.6 Å². The van der Waals surface area contributed by atoms with E-state index in [1.165, 1.54) is 19.3 Å². The first-order valence-electron chi connectivity index (χ1n) is 4.22. The number of hydrogen-bond donors (Lipinski definition) is 2. The maximum Gasteiger partial charge on any atom is 0.0319 e. The maximum atomic E-state index is 8.65. The van der Waals surface area contributed by atoms with Gasteiger partial charge < -0.3 is 5.21 Å². The molecule has 1 aliphatic rings. The van der Waals surface area contributed by atoms with Gasteiger partial charge in [0.15, 0.2) is 0 Å². The molecular formula is C8H17NO. The molecule has 0 bridgehead atoms. The average molecular weight is 143 g/mol. The zero-order chi connectivity index (χ0) is 7.40. The van der Waals surface area contributed by atoms with Crippen LogP contribution in [0.15, 0.2) is 0 Å². The number of rotatable bonds is 1. The summed E-state index contributed by atoms with van der Waals surface area (Å²) in [4.78, 5) is 0. The Kier molecular flexibility index (Phi) is 3.16. The van der Waals surface area contributed by atoms with Crippen LogP contribution in [0.2, 0.25) is 0 Å². The summed E-state index contributed by atoms with van der Waals surface area (Å²) in [5.74, 6) is 0.860. The third-order valence-electron chi connectivity index (χ3n) is 2.44. The van der Waals surface area contributed by atoms with E-state index in [9.17, 15) is 0 Å². The zero-order valence-electron chi connectivity index (χ0n) is 6.64. The van der Waals surface area contributed by atoms with E-state index in [0.29, 0.717) is 6.04 Å². The van der Waals surface area contributed by atoms with Crippen molar-refractivity contribution in [2.75, 3.05) is 0 Å². The number of nitrogens with one attached hydrogen (secondary N) is 1. The summed E-state index contributed by atoms with van der Waals surface area (Å²) in [6.07, 6.45) is 6.13. The van der Waals surface area contributed by atoms with Crippen LogP contribution in [0.1, 0.15) is 39.0 Å². The molecule has 1 fully saturated rings. The van der Waals surface area contributed by atoms with Crippen LogP contribution in [0.4, 0.5) is 0 Å². The summed E-state index contributed by atoms with van der Waals surface area (Å²) < 4.78 is 0. The summed E-state index contributed by atoms with van der Waals surface area (Å²) in [5.41, 5.74) is 2.36. The van der Waals surface area contributed by atoms with E-state index in [1.54, 1.807) is 0 Å². The van der Waals surface area contributed by atoms with Crippen LogP contribution in [0.3, 0.4) is 0 Å². The molecule has 0 heterocycles. The second kappa shape index (κ2) is 3.94. The van der Waals surface area contributed by atoms with Gasteiger partial charge in [-0.25, -0.2) is 5.48 Å². The van der Waals surface area contributed by atoms with Crippen molar-refractivity contribution >= 4 is 0 Å². The largest absolute Gasteiger partial charge is 0.317 e. The molecule has 1 aliphatic carbocycles. The van der Waals surface area contributed by atoms with Crippen molar-refractivity contribution < 1.29 is 5.21 Å². The summed E-state index contributed by atoms with van der Waals surface area (Å²) in [7, 11) is 0. The third kappa shape index (κ3) is 2.27. The van der Waals surface area contributed by atoms with E-state index >= 15 is 0 Å². The lowest BCUT2D eigenvalue weighted by Gasteiger charge is -2.10. The van der Waals surface area contributed by atoms with Crippen LogP contribution >= 0.6 is 0 Å². The molecule has 0 aromatic heterocycles. The van der Waals surface area contributed by atoms with Gasteiger partial charge in [0.1, 0.15) is 0 Å². The molecule has 0 saturated heterocycles. The van der Waals surface area contributed by atoms with Crippen molar-refractivity contribution in [3.8, 4) is 0 Å². The third-order valence-corrected chi connectivity index (χ3v) is 2.44. The van der Waals surface area contributed by atoms with E-state index in [0.717, 1.165) is 18.8 Å². The lowest BCUT2D eigenvalue weighted by atomic mass is 10.0. The first-order valence-corrected chi connectivity index (χ1v) is 4.22. The highest BCUT2D eigenvalue weighted by molar-refractivity contribution is 4.69. The van der Waals surface area contributed by atoms with Crippen molar-refractivity contribution in [3.63, 3.8) is 0 Å². The summed E-state index contributed by atoms with van der Waals surface area (Å²) >= 11 is 0. The predicted molar refractivity (Wildman–Crippen MR) is 41.0 cm³/mol. The fraction of sp³-hybridized carbons (Fsp3) is 1.00. The fourth-order valence-electron chi connectivity index (χ4n) is 1.62. The van der Waals surface area contributed by atoms with Gasteiger partial charge in [0.25, 0.3) is 0 Å². The summed E-state index contributed by atoms with van der Waals surface area (Å²) in [6, 6.07) is 0.366. The van der Waals surface area contributed by atoms with Crippen LogP contribution < -0.4 is 5.48 Å². The van der Waals surface area contributed by atoms with Gasteiger partial charge in [-0.2, -0.15) is 0 Å². The topological polar surface area (TPSA) is 32.3 Å². The fourth-order valence-corrected chi connectivity index (χ4v) is 1.62. The summed E-state index contributed by atoms with van der Waals surface area (Å²) in [6.45, 7) is 2.29. The minimum Gasteiger partial charge on any atom is -0.317 e. The Morgan fingerprint density at radius 1 is 1.20 bits per heavy atom. The van der Waals surface area contributed by atoms with Crippen LogP contribution in [-0.4, -0.2) is 11.2 Å². The molecule has 60 valence electrons. The second-order valence-corrected chi connectivity index (χ2v) is 3.44. The molecule has 2 N–H and O–H groups in total. The van der Waals surface area contributed by atoms with Gasteiger partial charge in [-0.1, -0.05) is 19.8 Å². The standard InChI is InChI=1S/C8H17NO/c1-7-3-2-4-8(9-10)6-5-7/h7-10H,2-6H2,1H3. The van der Waals surface area contributed by atoms with Crippen molar-refractivity contribution in [1.82, 2.24) is 5.48 Å². The minimum absolute atomic E-state index is 0.366. The van der Waals surface area contributed by atoms with Crippen molar-refractivity contribution in [2.24, 2.45) is 5.92 Å². The molecule has 2 nitrogen and oxygen atoms in total. The molecule has 0 spiro atoms. The molecule has 10 heavy (non-hydrogen) atoms. The number of hydrogen-bond acceptors (Lipinski definition) is 2. The van der Waals surface area contributed by atoms with Gasteiger partial charge in [-0.3, -0.25) is 0 Å². The Balaban J connectivity index is 2.26. The van der Waals surface area contributed by atoms with Crippen molar-refractivity contribution in [2.45, 2.75) is 45.1 Å². The van der Waals surface area contributed by atoms with Crippen molar-refractivity contribution in [3.05, 3.63) is 0 Å². The van der Waals surface area contributed by atoms with E-state index in [2.05, 4.69) is 12.4 Å². The predicted octanol–water partition coefficient (Wildman–Crippen LogP) is 1.93. The van der Waals surface area contributed by atoms with E-state index in [-0.39, 0.29) is 0 Å². The highest BCUT2D eigenvalue weighted by Crippen LogP contribution is 2.21.